The zero-order valence-electron chi connectivity index (χ0n) is 10.9. The van der Waals surface area contributed by atoms with Gasteiger partial charge in [-0.25, -0.2) is 0 Å². The molecule has 0 amide bonds. The van der Waals surface area contributed by atoms with Crippen molar-refractivity contribution in [2.24, 2.45) is 0 Å². The molecule has 2 rings (SSSR count). The summed E-state index contributed by atoms with van der Waals surface area (Å²) in [5.74, 6) is 2.05. The Kier molecular flexibility index (Phi) is 5.01. The van der Waals surface area contributed by atoms with Crippen molar-refractivity contribution < 1.29 is 9.47 Å². The standard InChI is InChI=1S/C12H15O2.2CH3.Sn.H/c1-2-7-13-11-5-6-12-10(9-11)4-3-8-14-12;;;;/h5-6,9H,1-4,7-8H2;2*1H3;;. The molecule has 1 heterocycles. The van der Waals surface area contributed by atoms with E-state index in [2.05, 4.69) is 15.9 Å². The Labute approximate surface area is 111 Å². The summed E-state index contributed by atoms with van der Waals surface area (Å²) in [7, 11) is 0. The number of hydrogen-bond acceptors (Lipinski definition) is 2. The van der Waals surface area contributed by atoms with Crippen LogP contribution in [0.15, 0.2) is 18.2 Å². The van der Waals surface area contributed by atoms with Crippen molar-refractivity contribution in [3.05, 3.63) is 23.8 Å². The van der Waals surface area contributed by atoms with Crippen molar-refractivity contribution in [2.45, 2.75) is 33.6 Å². The van der Waals surface area contributed by atoms with Crippen molar-refractivity contribution in [3.63, 3.8) is 0 Å². The molecular formula is C14H22O2Sn. The average molecular weight is 341 g/mol. The summed E-state index contributed by atoms with van der Waals surface area (Å²) in [6, 6.07) is 6.22. The molecule has 3 heteroatoms. The fraction of sp³-hybridized carbons (Fsp3) is 0.571. The second kappa shape index (κ2) is 6.52. The number of ether oxygens (including phenoxy) is 2. The molecule has 1 aliphatic rings. The SMILES string of the molecule is [CH3][SnH]([CH3])[CH2]CCOc1ccc2c(c1)CCCO2. The fourth-order valence-electron chi connectivity index (χ4n) is 2.11. The molecule has 0 aromatic heterocycles. The van der Waals surface area contributed by atoms with Crippen molar-refractivity contribution in [1.82, 2.24) is 0 Å². The van der Waals surface area contributed by atoms with Crippen LogP contribution in [0.3, 0.4) is 0 Å². The van der Waals surface area contributed by atoms with E-state index in [0.29, 0.717) is 0 Å². The van der Waals surface area contributed by atoms with Gasteiger partial charge in [0.25, 0.3) is 0 Å². The third-order valence-electron chi connectivity index (χ3n) is 3.07. The van der Waals surface area contributed by atoms with Crippen LogP contribution in [0.4, 0.5) is 0 Å². The van der Waals surface area contributed by atoms with Gasteiger partial charge < -0.3 is 0 Å². The Hall–Kier alpha value is -0.381. The molecule has 2 nitrogen and oxygen atoms in total. The molecule has 0 atom stereocenters. The molecule has 17 heavy (non-hydrogen) atoms. The molecule has 0 radical (unpaired) electrons. The first-order valence-electron chi connectivity index (χ1n) is 6.64. The molecule has 0 fully saturated rings. The van der Waals surface area contributed by atoms with Crippen LogP contribution in [0, 0.1) is 0 Å². The minimum atomic E-state index is -1.02. The Bertz CT molecular complexity index is 363. The summed E-state index contributed by atoms with van der Waals surface area (Å²) >= 11 is -1.02. The van der Waals surface area contributed by atoms with E-state index >= 15 is 0 Å². The minimum absolute atomic E-state index is 0.856. The third-order valence-corrected chi connectivity index (χ3v) is 7.54. The second-order valence-electron chi connectivity index (χ2n) is 5.11. The molecule has 0 unspecified atom stereocenters. The van der Waals surface area contributed by atoms with Gasteiger partial charge in [-0.1, -0.05) is 0 Å². The van der Waals surface area contributed by atoms with Crippen molar-refractivity contribution in [1.29, 1.82) is 0 Å². The predicted molar refractivity (Wildman–Crippen MR) is 74.1 cm³/mol. The Balaban J connectivity index is 1.85. The summed E-state index contributed by atoms with van der Waals surface area (Å²) in [5.41, 5.74) is 1.30. The van der Waals surface area contributed by atoms with Crippen molar-refractivity contribution >= 4 is 19.8 Å². The van der Waals surface area contributed by atoms with Gasteiger partial charge in [-0.3, -0.25) is 0 Å². The summed E-state index contributed by atoms with van der Waals surface area (Å²) in [6.07, 6.45) is 3.47. The normalized spacial score (nSPS) is 14.3. The monoisotopic (exact) mass is 342 g/mol. The van der Waals surface area contributed by atoms with E-state index in [9.17, 15) is 0 Å². The molecule has 1 aromatic rings. The van der Waals surface area contributed by atoms with E-state index in [4.69, 9.17) is 9.47 Å². The van der Waals surface area contributed by atoms with Gasteiger partial charge >= 0.3 is 111 Å². The van der Waals surface area contributed by atoms with Crippen LogP contribution >= 0.6 is 0 Å². The zero-order chi connectivity index (χ0) is 12.1. The van der Waals surface area contributed by atoms with E-state index < -0.39 is 19.8 Å². The molecule has 1 aliphatic heterocycles. The van der Waals surface area contributed by atoms with Gasteiger partial charge in [-0.05, 0) is 0 Å². The maximum atomic E-state index is 5.80. The van der Waals surface area contributed by atoms with Crippen LogP contribution in [0.1, 0.15) is 18.4 Å². The fourth-order valence-corrected chi connectivity index (χ4v) is 4.91. The molecular weight excluding hydrogens is 319 g/mol. The average Bonchev–Trinajstić information content (AvgIpc) is 2.34. The molecule has 0 bridgehead atoms. The summed E-state index contributed by atoms with van der Waals surface area (Å²) in [4.78, 5) is 4.91. The Morgan fingerprint density at radius 2 is 2.24 bits per heavy atom. The van der Waals surface area contributed by atoms with Gasteiger partial charge in [0.1, 0.15) is 0 Å². The van der Waals surface area contributed by atoms with E-state index in [0.717, 1.165) is 37.6 Å². The first-order valence-corrected chi connectivity index (χ1v) is 15.6. The van der Waals surface area contributed by atoms with Gasteiger partial charge in [0.15, 0.2) is 0 Å². The summed E-state index contributed by atoms with van der Waals surface area (Å²) in [5, 5.41) is 0. The number of fused-ring (bicyclic) bond motifs is 1. The van der Waals surface area contributed by atoms with Gasteiger partial charge in [0.2, 0.25) is 0 Å². The molecule has 0 N–H and O–H groups in total. The molecule has 94 valence electrons. The van der Waals surface area contributed by atoms with Gasteiger partial charge in [-0.2, -0.15) is 0 Å². The molecule has 0 saturated heterocycles. The zero-order valence-corrected chi connectivity index (χ0v) is 14.2. The van der Waals surface area contributed by atoms with E-state index in [1.165, 1.54) is 16.4 Å². The molecule has 0 spiro atoms. The van der Waals surface area contributed by atoms with E-state index in [1.807, 2.05) is 12.1 Å². The number of benzene rings is 1. The second-order valence-corrected chi connectivity index (χ2v) is 14.7. The first-order chi connectivity index (χ1) is 8.25. The van der Waals surface area contributed by atoms with Crippen LogP contribution in [-0.2, 0) is 6.42 Å². The summed E-state index contributed by atoms with van der Waals surface area (Å²) in [6.45, 7) is 1.73. The Morgan fingerprint density at radius 1 is 1.35 bits per heavy atom. The van der Waals surface area contributed by atoms with Crippen LogP contribution in [0.25, 0.3) is 0 Å². The molecule has 0 aliphatic carbocycles. The third kappa shape index (κ3) is 4.09. The number of aryl methyl sites for hydroxylation is 1. The van der Waals surface area contributed by atoms with Gasteiger partial charge in [-0.15, -0.1) is 0 Å². The predicted octanol–water partition coefficient (Wildman–Crippen LogP) is 3.27. The quantitative estimate of drug-likeness (QED) is 0.605. The van der Waals surface area contributed by atoms with Crippen LogP contribution in [-0.4, -0.2) is 33.0 Å². The van der Waals surface area contributed by atoms with Crippen molar-refractivity contribution in [2.75, 3.05) is 13.2 Å². The van der Waals surface area contributed by atoms with Crippen molar-refractivity contribution in [3.8, 4) is 11.5 Å². The van der Waals surface area contributed by atoms with E-state index in [-0.39, 0.29) is 0 Å². The molecule has 1 aromatic carbocycles. The number of hydrogen-bond donors (Lipinski definition) is 0. The van der Waals surface area contributed by atoms with Crippen LogP contribution < -0.4 is 9.47 Å². The van der Waals surface area contributed by atoms with Crippen LogP contribution in [0.2, 0.25) is 14.3 Å². The van der Waals surface area contributed by atoms with E-state index in [1.54, 1.807) is 0 Å². The Morgan fingerprint density at radius 3 is 3.06 bits per heavy atom. The maximum absolute atomic E-state index is 5.80. The first kappa shape index (κ1) is 13.1. The van der Waals surface area contributed by atoms with Crippen LogP contribution in [0.5, 0.6) is 11.5 Å². The topological polar surface area (TPSA) is 18.5 Å². The molecule has 0 saturated carbocycles. The number of rotatable bonds is 5. The van der Waals surface area contributed by atoms with Gasteiger partial charge in [0, 0.05) is 0 Å². The van der Waals surface area contributed by atoms with Gasteiger partial charge in [0.05, 0.1) is 0 Å². The summed E-state index contributed by atoms with van der Waals surface area (Å²) < 4.78 is 12.8.